The minimum absolute atomic E-state index is 0.123. The molecule has 1 aliphatic heterocycles. The van der Waals surface area contributed by atoms with E-state index in [0.717, 1.165) is 30.0 Å². The van der Waals surface area contributed by atoms with Crippen LogP contribution in [0.4, 0.5) is 5.69 Å². The van der Waals surface area contributed by atoms with Gasteiger partial charge in [0, 0.05) is 19.0 Å². The van der Waals surface area contributed by atoms with E-state index in [2.05, 4.69) is 10.2 Å². The largest absolute Gasteiger partial charge is 0.493 e. The van der Waals surface area contributed by atoms with Crippen molar-refractivity contribution in [1.82, 2.24) is 15.1 Å². The number of carbonyl (C=O) groups excluding carboxylic acids is 1. The normalized spacial score (nSPS) is 17.4. The number of anilines is 1. The molecule has 1 saturated heterocycles. The molecular weight excluding hydrogens is 292 g/mol. The first-order chi connectivity index (χ1) is 11.1. The molecule has 0 bridgehead atoms. The van der Waals surface area contributed by atoms with Crippen LogP contribution in [0.1, 0.15) is 30.0 Å². The van der Waals surface area contributed by atoms with Gasteiger partial charge in [-0.05, 0) is 31.0 Å². The number of hydrogen-bond acceptors (Lipinski definition) is 4. The van der Waals surface area contributed by atoms with Gasteiger partial charge in [0.2, 0.25) is 5.91 Å². The topological polar surface area (TPSA) is 84.2 Å². The zero-order chi connectivity index (χ0) is 16.2. The van der Waals surface area contributed by atoms with Crippen molar-refractivity contribution in [2.75, 3.05) is 25.4 Å². The van der Waals surface area contributed by atoms with Crippen LogP contribution in [0.3, 0.4) is 0 Å². The molecule has 1 aromatic carbocycles. The number of ether oxygens (including phenoxy) is 1. The Balaban J connectivity index is 1.47. The molecule has 1 fully saturated rings. The van der Waals surface area contributed by atoms with E-state index in [1.54, 1.807) is 6.20 Å². The van der Waals surface area contributed by atoms with Gasteiger partial charge in [0.15, 0.2) is 0 Å². The van der Waals surface area contributed by atoms with E-state index in [-0.39, 0.29) is 11.8 Å². The van der Waals surface area contributed by atoms with Crippen molar-refractivity contribution in [2.45, 2.75) is 25.7 Å². The van der Waals surface area contributed by atoms with Crippen molar-refractivity contribution in [3.8, 4) is 5.75 Å². The predicted molar refractivity (Wildman–Crippen MR) is 88.2 cm³/mol. The van der Waals surface area contributed by atoms with Gasteiger partial charge in [-0.2, -0.15) is 5.10 Å². The second-order valence-corrected chi connectivity index (χ2v) is 5.98. The molecular formula is C17H22N4O2. The van der Waals surface area contributed by atoms with Gasteiger partial charge in [-0.25, -0.2) is 0 Å². The third kappa shape index (κ3) is 3.64. The number of hydrogen-bond donors (Lipinski definition) is 2. The van der Waals surface area contributed by atoms with Crippen molar-refractivity contribution in [3.05, 3.63) is 41.7 Å². The molecule has 0 radical (unpaired) electrons. The Morgan fingerprint density at radius 3 is 3.13 bits per heavy atom. The fraction of sp³-hybridized carbons (Fsp3) is 0.412. The van der Waals surface area contributed by atoms with Crippen LogP contribution in [0, 0.1) is 6.92 Å². The highest BCUT2D eigenvalue weighted by molar-refractivity contribution is 5.76. The summed E-state index contributed by atoms with van der Waals surface area (Å²) in [5.74, 6) is 1.18. The van der Waals surface area contributed by atoms with Crippen molar-refractivity contribution in [3.63, 3.8) is 0 Å². The van der Waals surface area contributed by atoms with E-state index in [4.69, 9.17) is 10.5 Å². The molecule has 1 atom stereocenters. The standard InChI is InChI=1S/C17H22N4O2/c1-12-3-2-4-14(9-12)23-8-6-16(22)21-7-5-13(11-21)17-15(18)10-19-20-17/h2-4,9-10,13H,5-8,11,18H2,1H3,(H,19,20). The number of nitrogens with zero attached hydrogens (tertiary/aromatic N) is 2. The molecule has 122 valence electrons. The average Bonchev–Trinajstić information content (AvgIpc) is 3.15. The zero-order valence-corrected chi connectivity index (χ0v) is 13.3. The molecule has 1 aliphatic rings. The van der Waals surface area contributed by atoms with E-state index in [9.17, 15) is 4.79 Å². The molecule has 23 heavy (non-hydrogen) atoms. The predicted octanol–water partition coefficient (Wildman–Crippen LogP) is 2.09. The van der Waals surface area contributed by atoms with Crippen LogP contribution in [0.15, 0.2) is 30.5 Å². The van der Waals surface area contributed by atoms with Gasteiger partial charge in [0.25, 0.3) is 0 Å². The summed E-state index contributed by atoms with van der Waals surface area (Å²) in [5.41, 5.74) is 8.64. The number of carbonyl (C=O) groups is 1. The van der Waals surface area contributed by atoms with Crippen molar-refractivity contribution >= 4 is 11.6 Å². The highest BCUT2D eigenvalue weighted by Gasteiger charge is 2.29. The molecule has 0 aliphatic carbocycles. The summed E-state index contributed by atoms with van der Waals surface area (Å²) in [7, 11) is 0. The summed E-state index contributed by atoms with van der Waals surface area (Å²) in [6, 6.07) is 7.84. The number of benzene rings is 1. The maximum absolute atomic E-state index is 12.3. The lowest BCUT2D eigenvalue weighted by molar-refractivity contribution is -0.130. The van der Waals surface area contributed by atoms with Gasteiger partial charge in [0.1, 0.15) is 5.75 Å². The summed E-state index contributed by atoms with van der Waals surface area (Å²) >= 11 is 0. The number of nitrogens with two attached hydrogens (primary N) is 1. The molecule has 6 heteroatoms. The van der Waals surface area contributed by atoms with Crippen molar-refractivity contribution in [1.29, 1.82) is 0 Å². The third-order valence-electron chi connectivity index (χ3n) is 4.22. The first kappa shape index (κ1) is 15.4. The van der Waals surface area contributed by atoms with Crippen LogP contribution < -0.4 is 10.5 Å². The Bertz CT molecular complexity index is 683. The number of rotatable bonds is 5. The number of aryl methyl sites for hydroxylation is 1. The Morgan fingerprint density at radius 2 is 2.39 bits per heavy atom. The van der Waals surface area contributed by atoms with E-state index in [1.807, 2.05) is 36.1 Å². The maximum Gasteiger partial charge on any atom is 0.226 e. The summed E-state index contributed by atoms with van der Waals surface area (Å²) in [6.07, 6.45) is 2.92. The fourth-order valence-electron chi connectivity index (χ4n) is 2.97. The highest BCUT2D eigenvalue weighted by Crippen LogP contribution is 2.29. The first-order valence-corrected chi connectivity index (χ1v) is 7.89. The quantitative estimate of drug-likeness (QED) is 0.885. The second-order valence-electron chi connectivity index (χ2n) is 5.98. The third-order valence-corrected chi connectivity index (χ3v) is 4.22. The second kappa shape index (κ2) is 6.73. The molecule has 2 aromatic rings. The summed E-state index contributed by atoms with van der Waals surface area (Å²) in [4.78, 5) is 14.2. The monoisotopic (exact) mass is 314 g/mol. The highest BCUT2D eigenvalue weighted by atomic mass is 16.5. The first-order valence-electron chi connectivity index (χ1n) is 7.89. The molecule has 1 amide bonds. The molecule has 3 N–H and O–H groups in total. The van der Waals surface area contributed by atoms with Gasteiger partial charge < -0.3 is 15.4 Å². The van der Waals surface area contributed by atoms with E-state index >= 15 is 0 Å². The number of likely N-dealkylation sites (tertiary alicyclic amines) is 1. The van der Waals surface area contributed by atoms with Gasteiger partial charge in [-0.15, -0.1) is 0 Å². The minimum atomic E-state index is 0.123. The van der Waals surface area contributed by atoms with E-state index in [0.29, 0.717) is 25.3 Å². The SMILES string of the molecule is Cc1cccc(OCCC(=O)N2CCC(c3[nH]ncc3N)C2)c1. The fourth-order valence-corrected chi connectivity index (χ4v) is 2.97. The number of nitrogens with one attached hydrogen (secondary N) is 1. The lowest BCUT2D eigenvalue weighted by Gasteiger charge is -2.16. The number of amides is 1. The van der Waals surface area contributed by atoms with Gasteiger partial charge in [-0.1, -0.05) is 12.1 Å². The number of nitrogen functional groups attached to an aromatic ring is 1. The lowest BCUT2D eigenvalue weighted by Crippen LogP contribution is -2.29. The number of aromatic amines is 1. The minimum Gasteiger partial charge on any atom is -0.493 e. The van der Waals surface area contributed by atoms with Crippen LogP contribution >= 0.6 is 0 Å². The van der Waals surface area contributed by atoms with Crippen LogP contribution in [-0.4, -0.2) is 40.7 Å². The lowest BCUT2D eigenvalue weighted by atomic mass is 10.0. The van der Waals surface area contributed by atoms with E-state index < -0.39 is 0 Å². The Kier molecular flexibility index (Phi) is 4.50. The summed E-state index contributed by atoms with van der Waals surface area (Å²) < 4.78 is 5.65. The molecule has 1 aromatic heterocycles. The van der Waals surface area contributed by atoms with Crippen molar-refractivity contribution < 1.29 is 9.53 Å². The van der Waals surface area contributed by atoms with Crippen LogP contribution in [0.2, 0.25) is 0 Å². The average molecular weight is 314 g/mol. The number of aromatic nitrogens is 2. The molecule has 6 nitrogen and oxygen atoms in total. The van der Waals surface area contributed by atoms with Gasteiger partial charge in [-0.3, -0.25) is 9.89 Å². The van der Waals surface area contributed by atoms with Crippen LogP contribution in [0.25, 0.3) is 0 Å². The Morgan fingerprint density at radius 1 is 1.52 bits per heavy atom. The Hall–Kier alpha value is -2.50. The summed E-state index contributed by atoms with van der Waals surface area (Å²) in [6.45, 7) is 3.86. The van der Waals surface area contributed by atoms with Gasteiger partial charge >= 0.3 is 0 Å². The van der Waals surface area contributed by atoms with Crippen LogP contribution in [0.5, 0.6) is 5.75 Å². The Labute approximate surface area is 135 Å². The van der Waals surface area contributed by atoms with E-state index in [1.165, 1.54) is 0 Å². The molecule has 2 heterocycles. The molecule has 1 unspecified atom stereocenters. The molecule has 3 rings (SSSR count). The maximum atomic E-state index is 12.3. The van der Waals surface area contributed by atoms with Crippen molar-refractivity contribution in [2.24, 2.45) is 0 Å². The molecule has 0 spiro atoms. The van der Waals surface area contributed by atoms with Crippen LogP contribution in [-0.2, 0) is 4.79 Å². The zero-order valence-electron chi connectivity index (χ0n) is 13.3. The smallest absolute Gasteiger partial charge is 0.226 e. The number of H-pyrrole nitrogens is 1. The summed E-state index contributed by atoms with van der Waals surface area (Å²) in [5, 5.41) is 6.89. The molecule has 0 saturated carbocycles. The van der Waals surface area contributed by atoms with Gasteiger partial charge in [0.05, 0.1) is 30.6 Å².